The van der Waals surface area contributed by atoms with Crippen molar-refractivity contribution in [1.29, 1.82) is 0 Å². The van der Waals surface area contributed by atoms with Crippen molar-refractivity contribution in [2.45, 2.75) is 19.9 Å². The van der Waals surface area contributed by atoms with E-state index in [1.807, 2.05) is 0 Å². The van der Waals surface area contributed by atoms with Crippen LogP contribution in [0.15, 0.2) is 67.0 Å². The summed E-state index contributed by atoms with van der Waals surface area (Å²) >= 11 is 0. The quantitative estimate of drug-likeness (QED) is 0.388. The molecule has 0 spiro atoms. The van der Waals surface area contributed by atoms with Gasteiger partial charge in [-0.3, -0.25) is 4.98 Å². The van der Waals surface area contributed by atoms with E-state index in [1.54, 1.807) is 0 Å². The summed E-state index contributed by atoms with van der Waals surface area (Å²) in [5, 5.41) is 2.61. The van der Waals surface area contributed by atoms with Crippen molar-refractivity contribution >= 4 is 21.8 Å². The van der Waals surface area contributed by atoms with Crippen LogP contribution in [-0.4, -0.2) is 32.6 Å². The molecule has 5 aromatic rings. The lowest BCUT2D eigenvalue weighted by Crippen LogP contribution is -2.27. The van der Waals surface area contributed by atoms with Gasteiger partial charge in [0.15, 0.2) is 0 Å². The van der Waals surface area contributed by atoms with Gasteiger partial charge < -0.3 is 14.0 Å². The average Bonchev–Trinajstić information content (AvgIpc) is 3.30. The van der Waals surface area contributed by atoms with Crippen molar-refractivity contribution in [1.82, 2.24) is 19.0 Å². The number of hydrogen-bond acceptors (Lipinski definition) is 2. The molecule has 0 amide bonds. The fraction of sp³-hybridized carbons (Fsp3) is 0.222. The van der Waals surface area contributed by atoms with E-state index in [2.05, 4.69) is 107 Å². The van der Waals surface area contributed by atoms with Crippen LogP contribution in [0.1, 0.15) is 17.0 Å². The standard InChI is InChI=1S/C27H26N4/c1-18-14-22-23-17-29(2)12-11-26(23)31(27(22)16-28-18)25-7-5-4-6-21(25)19-8-9-24-20(15-19)10-13-30(24)3/h4-10,13-16H,11-12,17H2,1-3H3. The number of fused-ring (bicyclic) bond motifs is 4. The first-order valence-corrected chi connectivity index (χ1v) is 10.9. The highest BCUT2D eigenvalue weighted by atomic mass is 15.1. The normalized spacial score (nSPS) is 14.4. The summed E-state index contributed by atoms with van der Waals surface area (Å²) in [5.41, 5.74) is 10.1. The second kappa shape index (κ2) is 6.82. The SMILES string of the molecule is Cc1cc2c3c(n(-c4ccccc4-c4ccc5c(ccn5C)c4)c2cn1)CCN(C)C3. The molecule has 0 fully saturated rings. The Morgan fingerprint density at radius 3 is 2.71 bits per heavy atom. The predicted octanol–water partition coefficient (Wildman–Crippen LogP) is 5.48. The highest BCUT2D eigenvalue weighted by Gasteiger charge is 2.24. The molecule has 1 aliphatic rings. The summed E-state index contributed by atoms with van der Waals surface area (Å²) in [6.07, 6.45) is 5.23. The van der Waals surface area contributed by atoms with Crippen LogP contribution in [0.25, 0.3) is 38.6 Å². The van der Waals surface area contributed by atoms with E-state index in [1.165, 1.54) is 49.9 Å². The van der Waals surface area contributed by atoms with Crippen LogP contribution < -0.4 is 0 Å². The third kappa shape index (κ3) is 2.82. The molecule has 3 aromatic heterocycles. The predicted molar refractivity (Wildman–Crippen MR) is 128 cm³/mol. The van der Waals surface area contributed by atoms with Crippen LogP contribution in [0.2, 0.25) is 0 Å². The molecule has 0 aliphatic carbocycles. The molecule has 4 heterocycles. The van der Waals surface area contributed by atoms with Gasteiger partial charge in [-0.1, -0.05) is 24.3 Å². The van der Waals surface area contributed by atoms with Gasteiger partial charge in [-0.05, 0) is 55.4 Å². The highest BCUT2D eigenvalue weighted by Crippen LogP contribution is 2.37. The molecule has 4 nitrogen and oxygen atoms in total. The van der Waals surface area contributed by atoms with Gasteiger partial charge in [0, 0.05) is 66.0 Å². The largest absolute Gasteiger partial charge is 0.351 e. The molecule has 1 aliphatic heterocycles. The number of likely N-dealkylation sites (N-methyl/N-ethyl adjacent to an activating group) is 1. The Balaban J connectivity index is 1.63. The minimum atomic E-state index is 0.987. The van der Waals surface area contributed by atoms with Crippen LogP contribution in [-0.2, 0) is 20.0 Å². The average molecular weight is 407 g/mol. The lowest BCUT2D eigenvalue weighted by Gasteiger charge is -2.25. The first kappa shape index (κ1) is 18.4. The highest BCUT2D eigenvalue weighted by molar-refractivity contribution is 5.91. The number of aromatic nitrogens is 3. The molecule has 0 bridgehead atoms. The third-order valence-corrected chi connectivity index (χ3v) is 6.70. The van der Waals surface area contributed by atoms with Crippen LogP contribution in [0.5, 0.6) is 0 Å². The van der Waals surface area contributed by atoms with Gasteiger partial charge in [-0.15, -0.1) is 0 Å². The van der Waals surface area contributed by atoms with Crippen LogP contribution in [0, 0.1) is 6.92 Å². The molecule has 6 rings (SSSR count). The van der Waals surface area contributed by atoms with E-state index in [-0.39, 0.29) is 0 Å². The molecule has 0 saturated carbocycles. The van der Waals surface area contributed by atoms with Crippen molar-refractivity contribution in [3.8, 4) is 16.8 Å². The Kier molecular flexibility index (Phi) is 4.05. The van der Waals surface area contributed by atoms with E-state index in [0.717, 1.165) is 25.2 Å². The second-order valence-corrected chi connectivity index (χ2v) is 8.81. The lowest BCUT2D eigenvalue weighted by molar-refractivity contribution is 0.311. The number of para-hydroxylation sites is 1. The summed E-state index contributed by atoms with van der Waals surface area (Å²) in [7, 11) is 4.31. The second-order valence-electron chi connectivity index (χ2n) is 8.81. The third-order valence-electron chi connectivity index (χ3n) is 6.70. The zero-order valence-corrected chi connectivity index (χ0v) is 18.3. The molecule has 0 N–H and O–H groups in total. The summed E-state index contributed by atoms with van der Waals surface area (Å²) in [4.78, 5) is 7.08. The molecule has 0 atom stereocenters. The zero-order valence-electron chi connectivity index (χ0n) is 18.3. The Labute approximate surface area is 182 Å². The van der Waals surface area contributed by atoms with Gasteiger partial charge >= 0.3 is 0 Å². The van der Waals surface area contributed by atoms with Gasteiger partial charge in [0.2, 0.25) is 0 Å². The van der Waals surface area contributed by atoms with Crippen molar-refractivity contribution in [2.75, 3.05) is 13.6 Å². The number of benzene rings is 2. The van der Waals surface area contributed by atoms with Gasteiger partial charge in [0.1, 0.15) is 0 Å². The smallest absolute Gasteiger partial charge is 0.0718 e. The molecular formula is C27H26N4. The maximum absolute atomic E-state index is 4.66. The van der Waals surface area contributed by atoms with Crippen molar-refractivity contribution in [2.24, 2.45) is 7.05 Å². The minimum absolute atomic E-state index is 0.987. The van der Waals surface area contributed by atoms with Crippen LogP contribution in [0.4, 0.5) is 0 Å². The zero-order chi connectivity index (χ0) is 21.1. The lowest BCUT2D eigenvalue weighted by atomic mass is 10.0. The number of aryl methyl sites for hydroxylation is 2. The number of hydrogen-bond donors (Lipinski definition) is 0. The molecule has 4 heteroatoms. The van der Waals surface area contributed by atoms with Crippen molar-refractivity contribution in [3.63, 3.8) is 0 Å². The fourth-order valence-corrected chi connectivity index (χ4v) is 5.13. The monoisotopic (exact) mass is 406 g/mol. The van der Waals surface area contributed by atoms with E-state index < -0.39 is 0 Å². The Hall–Kier alpha value is -3.37. The Morgan fingerprint density at radius 1 is 0.935 bits per heavy atom. The Morgan fingerprint density at radius 2 is 1.81 bits per heavy atom. The van der Waals surface area contributed by atoms with Gasteiger partial charge in [-0.2, -0.15) is 0 Å². The molecule has 0 radical (unpaired) electrons. The van der Waals surface area contributed by atoms with Crippen LogP contribution >= 0.6 is 0 Å². The molecule has 0 unspecified atom stereocenters. The molecular weight excluding hydrogens is 380 g/mol. The fourth-order valence-electron chi connectivity index (χ4n) is 5.13. The Bertz CT molecular complexity index is 1450. The summed E-state index contributed by atoms with van der Waals surface area (Å²) < 4.78 is 4.64. The van der Waals surface area contributed by atoms with Crippen molar-refractivity contribution in [3.05, 3.63) is 83.9 Å². The summed E-state index contributed by atoms with van der Waals surface area (Å²) in [5.74, 6) is 0. The maximum Gasteiger partial charge on any atom is 0.0718 e. The molecule has 31 heavy (non-hydrogen) atoms. The van der Waals surface area contributed by atoms with Gasteiger partial charge in [-0.25, -0.2) is 0 Å². The molecule has 0 saturated heterocycles. The van der Waals surface area contributed by atoms with E-state index >= 15 is 0 Å². The van der Waals surface area contributed by atoms with E-state index in [9.17, 15) is 0 Å². The van der Waals surface area contributed by atoms with E-state index in [4.69, 9.17) is 0 Å². The summed E-state index contributed by atoms with van der Waals surface area (Å²) in [6.45, 7) is 4.15. The molecule has 2 aromatic carbocycles. The topological polar surface area (TPSA) is 26.0 Å². The van der Waals surface area contributed by atoms with E-state index in [0.29, 0.717) is 0 Å². The first-order chi connectivity index (χ1) is 15.1. The number of pyridine rings is 1. The van der Waals surface area contributed by atoms with Gasteiger partial charge in [0.05, 0.1) is 17.4 Å². The van der Waals surface area contributed by atoms with Gasteiger partial charge in [0.25, 0.3) is 0 Å². The maximum atomic E-state index is 4.66. The molecule has 154 valence electrons. The van der Waals surface area contributed by atoms with Crippen LogP contribution in [0.3, 0.4) is 0 Å². The number of nitrogens with zero attached hydrogens (tertiary/aromatic N) is 4. The van der Waals surface area contributed by atoms with Crippen molar-refractivity contribution < 1.29 is 0 Å². The first-order valence-electron chi connectivity index (χ1n) is 10.9. The number of rotatable bonds is 2. The summed E-state index contributed by atoms with van der Waals surface area (Å²) in [6, 6.07) is 20.0. The minimum Gasteiger partial charge on any atom is -0.351 e.